The second-order valence-electron chi connectivity index (χ2n) is 15.8. The van der Waals surface area contributed by atoms with Crippen molar-refractivity contribution in [3.8, 4) is 44.5 Å². The van der Waals surface area contributed by atoms with Gasteiger partial charge in [0.05, 0.1) is 5.41 Å². The van der Waals surface area contributed by atoms with Crippen molar-refractivity contribution in [3.63, 3.8) is 0 Å². The summed E-state index contributed by atoms with van der Waals surface area (Å²) in [6.45, 7) is 0. The summed E-state index contributed by atoms with van der Waals surface area (Å²) in [5.41, 5.74) is 17.3. The summed E-state index contributed by atoms with van der Waals surface area (Å²) in [5, 5.41) is 2.48. The van der Waals surface area contributed by atoms with Crippen LogP contribution < -0.4 is 4.90 Å². The minimum atomic E-state index is -0.520. The molecule has 1 aliphatic rings. The molecular weight excluding hydrogens is 755 g/mol. The predicted octanol–water partition coefficient (Wildman–Crippen LogP) is 16.0. The summed E-state index contributed by atoms with van der Waals surface area (Å²) in [7, 11) is 0. The second kappa shape index (κ2) is 15.3. The van der Waals surface area contributed by atoms with Gasteiger partial charge in [-0.1, -0.05) is 200 Å². The van der Waals surface area contributed by atoms with Crippen LogP contribution in [-0.4, -0.2) is 0 Å². The first kappa shape index (κ1) is 36.7. The minimum absolute atomic E-state index is 0.520. The van der Waals surface area contributed by atoms with Crippen LogP contribution in [0.5, 0.6) is 0 Å². The quantitative estimate of drug-likeness (QED) is 0.150. The summed E-state index contributed by atoms with van der Waals surface area (Å²) in [6.07, 6.45) is 0. The van der Waals surface area contributed by atoms with Gasteiger partial charge in [-0.25, -0.2) is 0 Å². The van der Waals surface area contributed by atoms with Crippen molar-refractivity contribution in [2.75, 3.05) is 4.90 Å². The number of anilines is 3. The van der Waals surface area contributed by atoms with Crippen molar-refractivity contribution in [1.82, 2.24) is 0 Å². The number of rotatable bonds is 8. The second-order valence-corrected chi connectivity index (χ2v) is 16.3. The SMILES string of the molecule is Sc1ccc(N(c2ccc(-c3ccc4ccccc4c3-c3ccccc3)cc2)c2ccc3c(c2)C(c2ccccc2)(c2ccccc2)c2ccccc2-3)cc1-c1ccccc1. The van der Waals surface area contributed by atoms with Crippen LogP contribution in [0.25, 0.3) is 55.3 Å². The highest BCUT2D eigenvalue weighted by atomic mass is 32.1. The first-order valence-corrected chi connectivity index (χ1v) is 21.3. The standard InChI is InChI=1S/C59H41NS/c61-57-38-35-48(39-54(57)41-17-5-1-6-18-41)60(47-32-29-43(30-33-47)51-36-31-42-19-13-14-26-50(42)58(51)44-20-7-2-8-21-44)49-34-37-53-52-27-15-16-28-55(52)59(56(53)40-49,45-22-9-3-10-23-45)46-24-11-4-12-25-46/h1-40,61H. The van der Waals surface area contributed by atoms with E-state index >= 15 is 0 Å². The first-order valence-electron chi connectivity index (χ1n) is 20.9. The minimum Gasteiger partial charge on any atom is -0.310 e. The van der Waals surface area contributed by atoms with Crippen LogP contribution >= 0.6 is 12.6 Å². The number of benzene rings is 10. The summed E-state index contributed by atoms with van der Waals surface area (Å²) in [5.74, 6) is 0. The number of hydrogen-bond acceptors (Lipinski definition) is 2. The average Bonchev–Trinajstić information content (AvgIpc) is 3.63. The monoisotopic (exact) mass is 795 g/mol. The molecule has 1 nitrogen and oxygen atoms in total. The molecule has 2 heteroatoms. The van der Waals surface area contributed by atoms with Gasteiger partial charge in [0.1, 0.15) is 0 Å². The lowest BCUT2D eigenvalue weighted by Gasteiger charge is -2.35. The van der Waals surface area contributed by atoms with Gasteiger partial charge in [-0.15, -0.1) is 12.6 Å². The highest BCUT2D eigenvalue weighted by molar-refractivity contribution is 7.80. The van der Waals surface area contributed by atoms with Crippen molar-refractivity contribution >= 4 is 40.5 Å². The number of thiol groups is 1. The topological polar surface area (TPSA) is 3.24 Å². The van der Waals surface area contributed by atoms with E-state index < -0.39 is 5.41 Å². The van der Waals surface area contributed by atoms with Gasteiger partial charge in [0.15, 0.2) is 0 Å². The zero-order valence-corrected chi connectivity index (χ0v) is 34.4. The molecule has 0 amide bonds. The number of nitrogens with zero attached hydrogens (tertiary/aromatic N) is 1. The molecule has 0 aliphatic heterocycles. The van der Waals surface area contributed by atoms with E-state index in [-0.39, 0.29) is 0 Å². The van der Waals surface area contributed by atoms with E-state index in [1.54, 1.807) is 0 Å². The highest BCUT2D eigenvalue weighted by Crippen LogP contribution is 2.57. The lowest BCUT2D eigenvalue weighted by molar-refractivity contribution is 0.768. The molecule has 10 aromatic carbocycles. The third kappa shape index (κ3) is 6.18. The van der Waals surface area contributed by atoms with Crippen LogP contribution in [0.3, 0.4) is 0 Å². The molecule has 61 heavy (non-hydrogen) atoms. The van der Waals surface area contributed by atoms with E-state index in [1.165, 1.54) is 66.4 Å². The van der Waals surface area contributed by atoms with Crippen molar-refractivity contribution in [3.05, 3.63) is 265 Å². The summed E-state index contributed by atoms with van der Waals surface area (Å²) in [4.78, 5) is 3.35. The highest BCUT2D eigenvalue weighted by Gasteiger charge is 2.46. The molecule has 0 spiro atoms. The van der Waals surface area contributed by atoms with Crippen LogP contribution in [0.4, 0.5) is 17.1 Å². The molecule has 0 saturated heterocycles. The summed E-state index contributed by atoms with van der Waals surface area (Å²) >= 11 is 4.99. The third-order valence-corrected chi connectivity index (χ3v) is 12.8. The van der Waals surface area contributed by atoms with Crippen LogP contribution in [0.1, 0.15) is 22.3 Å². The zero-order valence-electron chi connectivity index (χ0n) is 33.5. The molecule has 0 atom stereocenters. The van der Waals surface area contributed by atoms with Gasteiger partial charge in [-0.05, 0) is 120 Å². The van der Waals surface area contributed by atoms with E-state index in [2.05, 4.69) is 248 Å². The van der Waals surface area contributed by atoms with Gasteiger partial charge in [0.2, 0.25) is 0 Å². The summed E-state index contributed by atoms with van der Waals surface area (Å²) in [6, 6.07) is 88.4. The maximum atomic E-state index is 4.99. The average molecular weight is 796 g/mol. The van der Waals surface area contributed by atoms with Crippen LogP contribution in [0.2, 0.25) is 0 Å². The Kier molecular flexibility index (Phi) is 9.22. The molecule has 11 rings (SSSR count). The molecule has 0 aromatic heterocycles. The van der Waals surface area contributed by atoms with Gasteiger partial charge >= 0.3 is 0 Å². The third-order valence-electron chi connectivity index (χ3n) is 12.5. The molecular formula is C59H41NS. The first-order chi connectivity index (χ1) is 30.2. The zero-order chi connectivity index (χ0) is 40.8. The van der Waals surface area contributed by atoms with Crippen LogP contribution in [-0.2, 0) is 5.41 Å². The smallest absolute Gasteiger partial charge is 0.0714 e. The van der Waals surface area contributed by atoms with E-state index in [4.69, 9.17) is 12.6 Å². The van der Waals surface area contributed by atoms with Gasteiger partial charge < -0.3 is 4.90 Å². The molecule has 0 unspecified atom stereocenters. The molecule has 0 bridgehead atoms. The Labute approximate surface area is 363 Å². The molecule has 0 saturated carbocycles. The van der Waals surface area contributed by atoms with Crippen molar-refractivity contribution in [2.24, 2.45) is 0 Å². The molecule has 0 heterocycles. The van der Waals surface area contributed by atoms with E-state index in [0.29, 0.717) is 0 Å². The van der Waals surface area contributed by atoms with E-state index in [9.17, 15) is 0 Å². The molecule has 1 aliphatic carbocycles. The fourth-order valence-corrected chi connectivity index (χ4v) is 10.0. The van der Waals surface area contributed by atoms with E-state index in [1.807, 2.05) is 0 Å². The Morgan fingerprint density at radius 3 is 1.54 bits per heavy atom. The lowest BCUT2D eigenvalue weighted by Crippen LogP contribution is -2.28. The van der Waals surface area contributed by atoms with Crippen molar-refractivity contribution < 1.29 is 0 Å². The van der Waals surface area contributed by atoms with E-state index in [0.717, 1.165) is 33.1 Å². The fraction of sp³-hybridized carbons (Fsp3) is 0.0169. The number of fused-ring (bicyclic) bond motifs is 4. The van der Waals surface area contributed by atoms with Gasteiger partial charge in [0, 0.05) is 22.0 Å². The van der Waals surface area contributed by atoms with Gasteiger partial charge in [0.25, 0.3) is 0 Å². The predicted molar refractivity (Wildman–Crippen MR) is 259 cm³/mol. The molecule has 0 fully saturated rings. The Morgan fingerprint density at radius 1 is 0.328 bits per heavy atom. The fourth-order valence-electron chi connectivity index (χ4n) is 9.75. The Morgan fingerprint density at radius 2 is 0.836 bits per heavy atom. The number of hydrogen-bond donors (Lipinski definition) is 1. The Hall–Kier alpha value is -7.39. The molecule has 0 N–H and O–H groups in total. The molecule has 288 valence electrons. The van der Waals surface area contributed by atoms with Crippen molar-refractivity contribution in [1.29, 1.82) is 0 Å². The summed E-state index contributed by atoms with van der Waals surface area (Å²) < 4.78 is 0. The maximum Gasteiger partial charge on any atom is 0.0714 e. The Bertz CT molecular complexity index is 3140. The Balaban J connectivity index is 1.13. The van der Waals surface area contributed by atoms with Crippen molar-refractivity contribution in [2.45, 2.75) is 10.3 Å². The lowest BCUT2D eigenvalue weighted by atomic mass is 9.67. The van der Waals surface area contributed by atoms with Crippen LogP contribution in [0.15, 0.2) is 248 Å². The van der Waals surface area contributed by atoms with Crippen LogP contribution in [0, 0.1) is 0 Å². The van der Waals surface area contributed by atoms with Gasteiger partial charge in [-0.2, -0.15) is 0 Å². The molecule has 0 radical (unpaired) electrons. The normalized spacial score (nSPS) is 12.5. The largest absolute Gasteiger partial charge is 0.310 e. The maximum absolute atomic E-state index is 4.99. The molecule has 10 aromatic rings. The van der Waals surface area contributed by atoms with Gasteiger partial charge in [-0.3, -0.25) is 0 Å².